The summed E-state index contributed by atoms with van der Waals surface area (Å²) in [6.07, 6.45) is -0.313. The molecule has 51 heavy (non-hydrogen) atoms. The fourth-order valence-corrected chi connectivity index (χ4v) is 6.20. The number of aromatic nitrogens is 3. The smallest absolute Gasteiger partial charge is 0.408 e. The number of hydrogen-bond donors (Lipinski definition) is 4. The molecule has 0 radical (unpaired) electrons. The largest absolute Gasteiger partial charge is 0.465 e. The Kier molecular flexibility index (Phi) is 10.5. The number of hydrogen-bond acceptors (Lipinski definition) is 7. The van der Waals surface area contributed by atoms with Crippen LogP contribution in [0.4, 0.5) is 28.4 Å². The van der Waals surface area contributed by atoms with Gasteiger partial charge >= 0.3 is 12.2 Å². The molecule has 3 aromatic carbocycles. The molecular formula is C36H33F3N6O6. The molecule has 4 N–H and O–H groups in total. The molecule has 1 fully saturated rings. The number of morpholine rings is 1. The van der Waals surface area contributed by atoms with Gasteiger partial charge in [-0.15, -0.1) is 0 Å². The molecule has 3 atom stereocenters. The van der Waals surface area contributed by atoms with Gasteiger partial charge in [-0.1, -0.05) is 36.4 Å². The van der Waals surface area contributed by atoms with Crippen LogP contribution in [-0.4, -0.2) is 75.5 Å². The fourth-order valence-electron chi connectivity index (χ4n) is 6.20. The van der Waals surface area contributed by atoms with Gasteiger partial charge in [0.2, 0.25) is 5.91 Å². The number of methoxy groups -OCH3 is 1. The van der Waals surface area contributed by atoms with Gasteiger partial charge in [0.05, 0.1) is 55.5 Å². The molecule has 1 aliphatic heterocycles. The molecule has 0 spiro atoms. The third kappa shape index (κ3) is 7.94. The number of imidazole rings is 1. The van der Waals surface area contributed by atoms with Crippen molar-refractivity contribution >= 4 is 34.8 Å². The molecule has 3 amide bonds. The lowest BCUT2D eigenvalue weighted by atomic mass is 9.84. The topological polar surface area (TPSA) is 159 Å². The van der Waals surface area contributed by atoms with E-state index >= 15 is 4.39 Å². The molecule has 15 heteroatoms. The molecular weight excluding hydrogens is 669 g/mol. The highest BCUT2D eigenvalue weighted by atomic mass is 19.1. The highest BCUT2D eigenvalue weighted by Crippen LogP contribution is 2.32. The maximum atomic E-state index is 15.3. The summed E-state index contributed by atoms with van der Waals surface area (Å²) < 4.78 is 54.0. The molecule has 1 saturated heterocycles. The molecule has 1 aliphatic rings. The second-order valence-electron chi connectivity index (χ2n) is 11.9. The Morgan fingerprint density at radius 1 is 1.00 bits per heavy atom. The second kappa shape index (κ2) is 15.3. The van der Waals surface area contributed by atoms with Crippen LogP contribution in [0.15, 0.2) is 85.2 Å². The highest BCUT2D eigenvalue weighted by Gasteiger charge is 2.36. The summed E-state index contributed by atoms with van der Waals surface area (Å²) in [5, 5.41) is 15.2. The van der Waals surface area contributed by atoms with Gasteiger partial charge < -0.3 is 30.2 Å². The number of nitrogens with zero attached hydrogens (tertiary/aromatic N) is 3. The summed E-state index contributed by atoms with van der Waals surface area (Å²) in [4.78, 5) is 51.6. The first-order valence-electron chi connectivity index (χ1n) is 16.0. The van der Waals surface area contributed by atoms with Crippen LogP contribution in [0.3, 0.4) is 0 Å². The van der Waals surface area contributed by atoms with Crippen LogP contribution in [0.25, 0.3) is 11.0 Å². The Balaban J connectivity index is 1.22. The summed E-state index contributed by atoms with van der Waals surface area (Å²) in [6.45, 7) is -0.0121. The van der Waals surface area contributed by atoms with Crippen molar-refractivity contribution in [2.45, 2.75) is 36.9 Å². The number of amides is 3. The average molecular weight is 703 g/mol. The summed E-state index contributed by atoms with van der Waals surface area (Å²) in [6, 6.07) is 15.7. The standard InChI is InChI=1S/C36H33F3N6O6/c1-50-35(47)44-32(31(20-6-10-22(37)11-7-20)21-8-12-23(38)13-9-21)34(46)43-29-17-40-16-26(39)25(29)15-14-24-18-45(36(48)49)30(19-51-24)33-41-27-4-2-3-5-28(27)42-33/h2-13,16-17,24,30-32H,14-15,18-19H2,1H3,(H,41,42)(H,43,46)(H,44,47)(H,48,49)/t24?,30?,32-/m0/s1. The van der Waals surface area contributed by atoms with Crippen LogP contribution in [-0.2, 0) is 20.7 Å². The number of carbonyl (C=O) groups is 3. The number of ether oxygens (including phenoxy) is 2. The Labute approximate surface area is 289 Å². The number of alkyl carbamates (subject to hydrolysis) is 1. The number of aromatic amines is 1. The first-order valence-corrected chi connectivity index (χ1v) is 16.0. The van der Waals surface area contributed by atoms with Crippen LogP contribution in [0.1, 0.15) is 40.9 Å². The summed E-state index contributed by atoms with van der Waals surface area (Å²) >= 11 is 0. The zero-order valence-corrected chi connectivity index (χ0v) is 27.2. The van der Waals surface area contributed by atoms with E-state index in [9.17, 15) is 28.3 Å². The number of benzene rings is 3. The molecule has 0 bridgehead atoms. The van der Waals surface area contributed by atoms with Crippen molar-refractivity contribution in [3.05, 3.63) is 125 Å². The molecule has 12 nitrogen and oxygen atoms in total. The van der Waals surface area contributed by atoms with Crippen molar-refractivity contribution in [2.75, 3.05) is 25.6 Å². The minimum absolute atomic E-state index is 0.000296. The van der Waals surface area contributed by atoms with E-state index in [1.807, 2.05) is 24.3 Å². The molecule has 0 saturated carbocycles. The molecule has 264 valence electrons. The van der Waals surface area contributed by atoms with Crippen LogP contribution in [0, 0.1) is 17.5 Å². The maximum absolute atomic E-state index is 15.3. The van der Waals surface area contributed by atoms with E-state index in [0.717, 1.165) is 18.8 Å². The van der Waals surface area contributed by atoms with Crippen molar-refractivity contribution in [3.8, 4) is 0 Å². The van der Waals surface area contributed by atoms with Crippen LogP contribution in [0.5, 0.6) is 0 Å². The SMILES string of the molecule is COC(=O)N[C@H](C(=O)Nc1cncc(F)c1CCC1CN(C(=O)O)C(c2nc3ccccc3[nH]2)CO1)C(c1ccc(F)cc1)c1ccc(F)cc1. The number of halogens is 3. The number of anilines is 1. The van der Waals surface area contributed by atoms with Gasteiger partial charge in [-0.3, -0.25) is 14.7 Å². The highest BCUT2D eigenvalue weighted by molar-refractivity contribution is 5.98. The molecule has 0 aliphatic carbocycles. The van der Waals surface area contributed by atoms with Crippen LogP contribution in [0.2, 0.25) is 0 Å². The summed E-state index contributed by atoms with van der Waals surface area (Å²) in [5.41, 5.74) is 2.34. The number of fused-ring (bicyclic) bond motifs is 1. The number of para-hydroxylation sites is 2. The Morgan fingerprint density at radius 3 is 2.29 bits per heavy atom. The van der Waals surface area contributed by atoms with Crippen molar-refractivity contribution in [1.29, 1.82) is 0 Å². The third-order valence-electron chi connectivity index (χ3n) is 8.75. The van der Waals surface area contributed by atoms with E-state index in [-0.39, 0.29) is 37.2 Å². The number of carbonyl (C=O) groups excluding carboxylic acids is 2. The number of nitrogens with one attached hydrogen (secondary N) is 3. The number of pyridine rings is 1. The Hall–Kier alpha value is -5.96. The van der Waals surface area contributed by atoms with E-state index in [1.54, 1.807) is 0 Å². The minimum Gasteiger partial charge on any atom is -0.465 e. The molecule has 3 heterocycles. The normalized spacial score (nSPS) is 16.5. The quantitative estimate of drug-likeness (QED) is 0.140. The first kappa shape index (κ1) is 34.9. The van der Waals surface area contributed by atoms with E-state index < -0.39 is 59.7 Å². The number of carboxylic acid groups (broad SMARTS) is 1. The van der Waals surface area contributed by atoms with E-state index in [2.05, 4.69) is 25.6 Å². The van der Waals surface area contributed by atoms with Crippen molar-refractivity contribution < 1.29 is 42.1 Å². The van der Waals surface area contributed by atoms with Crippen LogP contribution < -0.4 is 10.6 Å². The molecule has 2 unspecified atom stereocenters. The van der Waals surface area contributed by atoms with Gasteiger partial charge in [-0.2, -0.15) is 0 Å². The predicted molar refractivity (Wildman–Crippen MR) is 178 cm³/mol. The number of H-pyrrole nitrogens is 1. The first-order chi connectivity index (χ1) is 24.6. The Morgan fingerprint density at radius 2 is 1.67 bits per heavy atom. The molecule has 2 aromatic heterocycles. The van der Waals surface area contributed by atoms with Gasteiger partial charge in [0.25, 0.3) is 0 Å². The third-order valence-corrected chi connectivity index (χ3v) is 8.75. The van der Waals surface area contributed by atoms with Crippen molar-refractivity contribution in [1.82, 2.24) is 25.2 Å². The maximum Gasteiger partial charge on any atom is 0.408 e. The van der Waals surface area contributed by atoms with Gasteiger partial charge in [0.15, 0.2) is 0 Å². The zero-order valence-electron chi connectivity index (χ0n) is 27.2. The Bertz CT molecular complexity index is 1950. The van der Waals surface area contributed by atoms with Crippen LogP contribution >= 0.6 is 0 Å². The summed E-state index contributed by atoms with van der Waals surface area (Å²) in [7, 11) is 1.11. The van der Waals surface area contributed by atoms with Gasteiger partial charge in [0, 0.05) is 11.5 Å². The minimum atomic E-state index is -1.41. The van der Waals surface area contributed by atoms with Gasteiger partial charge in [0.1, 0.15) is 35.4 Å². The number of rotatable bonds is 10. The van der Waals surface area contributed by atoms with Crippen molar-refractivity contribution in [2.24, 2.45) is 0 Å². The summed E-state index contributed by atoms with van der Waals surface area (Å²) in [5.74, 6) is -3.12. The van der Waals surface area contributed by atoms with Gasteiger partial charge in [-0.25, -0.2) is 27.7 Å². The molecule has 6 rings (SSSR count). The lowest BCUT2D eigenvalue weighted by molar-refractivity contribution is -0.118. The van der Waals surface area contributed by atoms with E-state index in [1.165, 1.54) is 59.6 Å². The lowest BCUT2D eigenvalue weighted by Crippen LogP contribution is -2.48. The second-order valence-corrected chi connectivity index (χ2v) is 11.9. The predicted octanol–water partition coefficient (Wildman–Crippen LogP) is 5.92. The zero-order chi connectivity index (χ0) is 36.1. The van der Waals surface area contributed by atoms with E-state index in [0.29, 0.717) is 22.5 Å². The average Bonchev–Trinajstić information content (AvgIpc) is 3.56. The monoisotopic (exact) mass is 702 g/mol. The lowest BCUT2D eigenvalue weighted by Gasteiger charge is -2.37. The fraction of sp³-hybridized carbons (Fsp3) is 0.250. The van der Waals surface area contributed by atoms with Gasteiger partial charge in [-0.05, 0) is 60.4 Å². The molecule has 5 aromatic rings. The van der Waals surface area contributed by atoms with Crippen molar-refractivity contribution in [3.63, 3.8) is 0 Å². The van der Waals surface area contributed by atoms with E-state index in [4.69, 9.17) is 9.47 Å².